The lowest BCUT2D eigenvalue weighted by Gasteiger charge is -2.21. The molecule has 0 aliphatic carbocycles. The predicted molar refractivity (Wildman–Crippen MR) is 114 cm³/mol. The zero-order valence-corrected chi connectivity index (χ0v) is 17.5. The van der Waals surface area contributed by atoms with Crippen LogP contribution in [0.3, 0.4) is 0 Å². The summed E-state index contributed by atoms with van der Waals surface area (Å²) in [6.07, 6.45) is 0.998. The van der Waals surface area contributed by atoms with Gasteiger partial charge in [-0.1, -0.05) is 60.2 Å². The minimum atomic E-state index is -0.487. The van der Waals surface area contributed by atoms with E-state index in [4.69, 9.17) is 4.74 Å². The highest BCUT2D eigenvalue weighted by atomic mass is 16.5. The molecule has 6 heteroatoms. The highest BCUT2D eigenvalue weighted by molar-refractivity contribution is 5.89. The molecule has 2 unspecified atom stereocenters. The smallest absolute Gasteiger partial charge is 0.307 e. The molecule has 1 fully saturated rings. The van der Waals surface area contributed by atoms with Gasteiger partial charge in [-0.3, -0.25) is 14.4 Å². The Labute approximate surface area is 177 Å². The normalized spacial score (nSPS) is 16.9. The molecule has 3 rings (SSSR count). The summed E-state index contributed by atoms with van der Waals surface area (Å²) in [6, 6.07) is 17.2. The first-order chi connectivity index (χ1) is 14.5. The number of esters is 1. The highest BCUT2D eigenvalue weighted by Gasteiger charge is 2.35. The van der Waals surface area contributed by atoms with Gasteiger partial charge in [0.25, 0.3) is 0 Å². The number of rotatable bonds is 8. The van der Waals surface area contributed by atoms with Crippen LogP contribution in [0.4, 0.5) is 0 Å². The Morgan fingerprint density at radius 3 is 2.50 bits per heavy atom. The van der Waals surface area contributed by atoms with Gasteiger partial charge >= 0.3 is 5.97 Å². The maximum absolute atomic E-state index is 12.9. The van der Waals surface area contributed by atoms with Crippen molar-refractivity contribution in [3.63, 3.8) is 0 Å². The molecule has 30 heavy (non-hydrogen) atoms. The molecule has 2 aromatic carbocycles. The zero-order chi connectivity index (χ0) is 21.5. The van der Waals surface area contributed by atoms with Crippen molar-refractivity contribution < 1.29 is 19.1 Å². The molecule has 1 aliphatic rings. The average Bonchev–Trinajstić information content (AvgIpc) is 3.13. The van der Waals surface area contributed by atoms with Crippen LogP contribution < -0.4 is 5.32 Å². The number of nitrogens with one attached hydrogen (secondary N) is 1. The molecular formula is C24H28N2O4. The molecule has 0 radical (unpaired) electrons. The molecule has 158 valence electrons. The van der Waals surface area contributed by atoms with E-state index in [-0.39, 0.29) is 24.7 Å². The van der Waals surface area contributed by atoms with Gasteiger partial charge in [0.2, 0.25) is 11.8 Å². The topological polar surface area (TPSA) is 75.7 Å². The largest absolute Gasteiger partial charge is 0.469 e. The van der Waals surface area contributed by atoms with E-state index in [1.807, 2.05) is 61.5 Å². The predicted octanol–water partition coefficient (Wildman–Crippen LogP) is 2.81. The van der Waals surface area contributed by atoms with Crippen molar-refractivity contribution in [3.05, 3.63) is 71.3 Å². The van der Waals surface area contributed by atoms with E-state index in [2.05, 4.69) is 5.32 Å². The standard InChI is InChI=1S/C24H28N2O4/c1-17-8-10-19(11-9-17)21(15-23(28)30-2)25-24(29)20-14-22(27)26(16-20)13-12-18-6-4-3-5-7-18/h3-11,20-21H,12-16H2,1-2H3,(H,25,29). The van der Waals surface area contributed by atoms with E-state index in [1.165, 1.54) is 7.11 Å². The van der Waals surface area contributed by atoms with Gasteiger partial charge in [0.1, 0.15) is 0 Å². The molecule has 2 amide bonds. The fourth-order valence-corrected chi connectivity index (χ4v) is 3.66. The molecule has 1 N–H and O–H groups in total. The first kappa shape index (κ1) is 21.6. The second kappa shape index (κ2) is 10.1. The fourth-order valence-electron chi connectivity index (χ4n) is 3.66. The number of ether oxygens (including phenoxy) is 1. The fraction of sp³-hybridized carbons (Fsp3) is 0.375. The Kier molecular flexibility index (Phi) is 7.22. The first-order valence-corrected chi connectivity index (χ1v) is 10.2. The Hall–Kier alpha value is -3.15. The zero-order valence-electron chi connectivity index (χ0n) is 17.5. The Balaban J connectivity index is 1.61. The maximum atomic E-state index is 12.9. The molecule has 0 aromatic heterocycles. The van der Waals surface area contributed by atoms with E-state index in [0.29, 0.717) is 13.1 Å². The Morgan fingerprint density at radius 2 is 1.83 bits per heavy atom. The molecule has 6 nitrogen and oxygen atoms in total. The van der Waals surface area contributed by atoms with Crippen LogP contribution in [0.15, 0.2) is 54.6 Å². The van der Waals surface area contributed by atoms with Gasteiger partial charge in [0, 0.05) is 19.5 Å². The van der Waals surface area contributed by atoms with Crippen LogP contribution in [0.25, 0.3) is 0 Å². The minimum absolute atomic E-state index is 0.00839. The van der Waals surface area contributed by atoms with E-state index in [0.717, 1.165) is 23.1 Å². The third-order valence-corrected chi connectivity index (χ3v) is 5.49. The SMILES string of the molecule is COC(=O)CC(NC(=O)C1CC(=O)N(CCc2ccccc2)C1)c1ccc(C)cc1. The van der Waals surface area contributed by atoms with Crippen molar-refractivity contribution in [2.45, 2.75) is 32.2 Å². The summed E-state index contributed by atoms with van der Waals surface area (Å²) in [5, 5.41) is 2.96. The van der Waals surface area contributed by atoms with Crippen molar-refractivity contribution in [1.29, 1.82) is 0 Å². The third-order valence-electron chi connectivity index (χ3n) is 5.49. The minimum Gasteiger partial charge on any atom is -0.469 e. The average molecular weight is 408 g/mol. The Morgan fingerprint density at radius 1 is 1.13 bits per heavy atom. The van der Waals surface area contributed by atoms with Crippen LogP contribution in [0, 0.1) is 12.8 Å². The molecule has 1 aliphatic heterocycles. The van der Waals surface area contributed by atoms with Crippen LogP contribution in [-0.4, -0.2) is 42.9 Å². The highest BCUT2D eigenvalue weighted by Crippen LogP contribution is 2.23. The van der Waals surface area contributed by atoms with E-state index in [1.54, 1.807) is 4.90 Å². The molecular weight excluding hydrogens is 380 g/mol. The lowest BCUT2D eigenvalue weighted by Crippen LogP contribution is -2.36. The number of amides is 2. The molecule has 0 spiro atoms. The number of carbonyl (C=O) groups excluding carboxylic acids is 3. The maximum Gasteiger partial charge on any atom is 0.307 e. The van der Waals surface area contributed by atoms with Crippen LogP contribution in [-0.2, 0) is 25.5 Å². The summed E-state index contributed by atoms with van der Waals surface area (Å²) in [6.45, 7) is 2.97. The monoisotopic (exact) mass is 408 g/mol. The lowest BCUT2D eigenvalue weighted by atomic mass is 10.0. The van der Waals surface area contributed by atoms with Gasteiger partial charge in [-0.05, 0) is 24.5 Å². The third kappa shape index (κ3) is 5.69. The van der Waals surface area contributed by atoms with Crippen molar-refractivity contribution in [2.24, 2.45) is 5.92 Å². The van der Waals surface area contributed by atoms with Gasteiger partial charge < -0.3 is 15.0 Å². The first-order valence-electron chi connectivity index (χ1n) is 10.2. The number of aryl methyl sites for hydroxylation is 1. The number of carbonyl (C=O) groups is 3. The summed E-state index contributed by atoms with van der Waals surface area (Å²) in [4.78, 5) is 38.9. The number of hydrogen-bond donors (Lipinski definition) is 1. The van der Waals surface area contributed by atoms with Crippen LogP contribution in [0.2, 0.25) is 0 Å². The van der Waals surface area contributed by atoms with Gasteiger partial charge in [-0.2, -0.15) is 0 Å². The second-order valence-corrected chi connectivity index (χ2v) is 7.73. The quantitative estimate of drug-likeness (QED) is 0.682. The summed E-state index contributed by atoms with van der Waals surface area (Å²) < 4.78 is 4.79. The van der Waals surface area contributed by atoms with Gasteiger partial charge in [0.15, 0.2) is 0 Å². The summed E-state index contributed by atoms with van der Waals surface area (Å²) in [5.41, 5.74) is 3.10. The number of benzene rings is 2. The van der Waals surface area contributed by atoms with Gasteiger partial charge in [-0.15, -0.1) is 0 Å². The van der Waals surface area contributed by atoms with Crippen molar-refractivity contribution >= 4 is 17.8 Å². The lowest BCUT2D eigenvalue weighted by molar-refractivity contribution is -0.141. The van der Waals surface area contributed by atoms with Crippen LogP contribution in [0.1, 0.15) is 35.6 Å². The van der Waals surface area contributed by atoms with E-state index in [9.17, 15) is 14.4 Å². The second-order valence-electron chi connectivity index (χ2n) is 7.73. The Bertz CT molecular complexity index is 880. The molecule has 2 atom stereocenters. The van der Waals surface area contributed by atoms with Crippen LogP contribution in [0.5, 0.6) is 0 Å². The molecule has 1 heterocycles. The number of likely N-dealkylation sites (tertiary alicyclic amines) is 1. The van der Waals surface area contributed by atoms with Crippen molar-refractivity contribution in [1.82, 2.24) is 10.2 Å². The molecule has 1 saturated heterocycles. The summed E-state index contributed by atoms with van der Waals surface area (Å²) in [7, 11) is 1.33. The van der Waals surface area contributed by atoms with Gasteiger partial charge in [0.05, 0.1) is 25.5 Å². The van der Waals surface area contributed by atoms with Crippen LogP contribution >= 0.6 is 0 Å². The number of nitrogens with zero attached hydrogens (tertiary/aromatic N) is 1. The van der Waals surface area contributed by atoms with Crippen molar-refractivity contribution in [3.8, 4) is 0 Å². The molecule has 0 bridgehead atoms. The molecule has 0 saturated carbocycles. The summed E-state index contributed by atoms with van der Waals surface area (Å²) >= 11 is 0. The van der Waals surface area contributed by atoms with Gasteiger partial charge in [-0.25, -0.2) is 0 Å². The number of methoxy groups -OCH3 is 1. The molecule has 2 aromatic rings. The number of hydrogen-bond acceptors (Lipinski definition) is 4. The van der Waals surface area contributed by atoms with E-state index >= 15 is 0 Å². The summed E-state index contributed by atoms with van der Waals surface area (Å²) in [5.74, 6) is -1.03. The van der Waals surface area contributed by atoms with Crippen molar-refractivity contribution in [2.75, 3.05) is 20.2 Å². The van der Waals surface area contributed by atoms with E-state index < -0.39 is 17.9 Å².